The van der Waals surface area contributed by atoms with Crippen molar-refractivity contribution >= 4 is 37.8 Å². The molecule has 1 N–H and O–H groups in total. The highest BCUT2D eigenvalue weighted by atomic mass is 32.2. The maximum absolute atomic E-state index is 13.7. The summed E-state index contributed by atoms with van der Waals surface area (Å²) in [6.07, 6.45) is 1.62. The lowest BCUT2D eigenvalue weighted by Crippen LogP contribution is -2.18. The molecule has 208 valence electrons. The SMILES string of the molecule is COC.COc1c(C)cnc(CS(=O)c2nc3ccccc3n2S(=O)(=O)c2ccc(OCC(=O)O)cc2)c1C. The van der Waals surface area contributed by atoms with E-state index in [4.69, 9.17) is 14.6 Å². The van der Waals surface area contributed by atoms with Crippen molar-refractivity contribution in [3.8, 4) is 11.5 Å². The monoisotopic (exact) mass is 575 g/mol. The van der Waals surface area contributed by atoms with Gasteiger partial charge in [0.1, 0.15) is 11.5 Å². The van der Waals surface area contributed by atoms with Gasteiger partial charge in [0.2, 0.25) is 5.16 Å². The number of methoxy groups -OCH3 is 2. The summed E-state index contributed by atoms with van der Waals surface area (Å²) in [5.41, 5.74) is 2.70. The molecule has 13 heteroatoms. The third-order valence-corrected chi connectivity index (χ3v) is 8.49. The molecule has 11 nitrogen and oxygen atoms in total. The van der Waals surface area contributed by atoms with Gasteiger partial charge in [-0.1, -0.05) is 12.1 Å². The van der Waals surface area contributed by atoms with Crippen LogP contribution in [0.1, 0.15) is 16.8 Å². The van der Waals surface area contributed by atoms with E-state index in [2.05, 4.69) is 14.7 Å². The number of benzene rings is 2. The number of carbonyl (C=O) groups is 1. The Labute approximate surface area is 228 Å². The number of aliphatic carboxylic acids is 1. The molecular weight excluding hydrogens is 546 g/mol. The summed E-state index contributed by atoms with van der Waals surface area (Å²) in [4.78, 5) is 19.4. The number of ether oxygens (including phenoxy) is 3. The number of rotatable bonds is 9. The zero-order valence-electron chi connectivity index (χ0n) is 22.1. The molecule has 4 rings (SSSR count). The third kappa shape index (κ3) is 6.61. The Balaban J connectivity index is 0.00000134. The van der Waals surface area contributed by atoms with Crippen molar-refractivity contribution in [1.82, 2.24) is 13.9 Å². The van der Waals surface area contributed by atoms with Gasteiger partial charge in [0.15, 0.2) is 6.61 Å². The molecule has 0 spiro atoms. The Kier molecular flexibility index (Phi) is 9.78. The van der Waals surface area contributed by atoms with Gasteiger partial charge in [-0.3, -0.25) is 9.19 Å². The summed E-state index contributed by atoms with van der Waals surface area (Å²) in [7, 11) is -1.31. The van der Waals surface area contributed by atoms with E-state index in [0.29, 0.717) is 22.5 Å². The Morgan fingerprint density at radius 2 is 1.69 bits per heavy atom. The lowest BCUT2D eigenvalue weighted by atomic mass is 10.1. The number of fused-ring (bicyclic) bond motifs is 1. The van der Waals surface area contributed by atoms with Gasteiger partial charge in [-0.15, -0.1) is 0 Å². The van der Waals surface area contributed by atoms with Crippen molar-refractivity contribution in [3.05, 3.63) is 71.5 Å². The zero-order chi connectivity index (χ0) is 28.7. The van der Waals surface area contributed by atoms with E-state index < -0.39 is 33.4 Å². The van der Waals surface area contributed by atoms with Gasteiger partial charge >= 0.3 is 5.97 Å². The fourth-order valence-electron chi connectivity index (χ4n) is 3.72. The third-order valence-electron chi connectivity index (χ3n) is 5.44. The van der Waals surface area contributed by atoms with Crippen molar-refractivity contribution in [2.24, 2.45) is 0 Å². The van der Waals surface area contributed by atoms with E-state index in [1.54, 1.807) is 58.7 Å². The number of carboxylic acid groups (broad SMARTS) is 1. The molecule has 1 unspecified atom stereocenters. The first-order chi connectivity index (χ1) is 18.5. The van der Waals surface area contributed by atoms with Gasteiger partial charge < -0.3 is 19.3 Å². The second kappa shape index (κ2) is 12.8. The van der Waals surface area contributed by atoms with E-state index in [0.717, 1.165) is 9.54 Å². The maximum Gasteiger partial charge on any atom is 0.341 e. The smallest absolute Gasteiger partial charge is 0.341 e. The molecule has 4 aromatic rings. The van der Waals surface area contributed by atoms with Gasteiger partial charge in [0.25, 0.3) is 10.0 Å². The molecule has 0 fully saturated rings. The lowest BCUT2D eigenvalue weighted by molar-refractivity contribution is -0.139. The van der Waals surface area contributed by atoms with Crippen LogP contribution in [-0.4, -0.2) is 65.6 Å². The molecular formula is C26H29N3O8S2. The highest BCUT2D eigenvalue weighted by Gasteiger charge is 2.28. The number of nitrogens with zero attached hydrogens (tertiary/aromatic N) is 3. The van der Waals surface area contributed by atoms with Crippen LogP contribution in [0.5, 0.6) is 11.5 Å². The summed E-state index contributed by atoms with van der Waals surface area (Å²) < 4.78 is 56.7. The Morgan fingerprint density at radius 1 is 1.05 bits per heavy atom. The van der Waals surface area contributed by atoms with E-state index in [1.807, 2.05) is 6.92 Å². The molecule has 0 amide bonds. The van der Waals surface area contributed by atoms with Crippen LogP contribution in [0.25, 0.3) is 11.0 Å². The topological polar surface area (TPSA) is 147 Å². The first kappa shape index (κ1) is 29.7. The summed E-state index contributed by atoms with van der Waals surface area (Å²) in [6, 6.07) is 11.9. The van der Waals surface area contributed by atoms with Crippen LogP contribution in [0.2, 0.25) is 0 Å². The molecule has 0 aliphatic carbocycles. The molecule has 0 saturated heterocycles. The Morgan fingerprint density at radius 3 is 2.31 bits per heavy atom. The molecule has 2 aromatic heterocycles. The molecule has 2 aromatic carbocycles. The quantitative estimate of drug-likeness (QED) is 0.315. The number of imidazole rings is 1. The summed E-state index contributed by atoms with van der Waals surface area (Å²) in [5.74, 6) is -0.392. The van der Waals surface area contributed by atoms with Crippen molar-refractivity contribution in [2.45, 2.75) is 29.7 Å². The average molecular weight is 576 g/mol. The van der Waals surface area contributed by atoms with Crippen molar-refractivity contribution in [2.75, 3.05) is 27.9 Å². The summed E-state index contributed by atoms with van der Waals surface area (Å²) in [6.45, 7) is 3.10. The normalized spacial score (nSPS) is 11.9. The first-order valence-corrected chi connectivity index (χ1v) is 14.3. The fourth-order valence-corrected chi connectivity index (χ4v) is 6.77. The van der Waals surface area contributed by atoms with Crippen LogP contribution in [0, 0.1) is 13.8 Å². The molecule has 0 radical (unpaired) electrons. The summed E-state index contributed by atoms with van der Waals surface area (Å²) >= 11 is 0. The largest absolute Gasteiger partial charge is 0.496 e. The van der Waals surface area contributed by atoms with Gasteiger partial charge in [0.05, 0.1) is 45.3 Å². The van der Waals surface area contributed by atoms with Crippen LogP contribution in [0.15, 0.2) is 64.8 Å². The van der Waals surface area contributed by atoms with E-state index in [9.17, 15) is 17.4 Å². The van der Waals surface area contributed by atoms with E-state index >= 15 is 0 Å². The maximum atomic E-state index is 13.7. The predicted molar refractivity (Wildman–Crippen MR) is 145 cm³/mol. The van der Waals surface area contributed by atoms with Crippen LogP contribution in [0.4, 0.5) is 0 Å². The molecule has 39 heavy (non-hydrogen) atoms. The highest BCUT2D eigenvalue weighted by molar-refractivity contribution is 7.91. The lowest BCUT2D eigenvalue weighted by Gasteiger charge is -2.13. The average Bonchev–Trinajstić information content (AvgIpc) is 3.31. The van der Waals surface area contributed by atoms with Crippen molar-refractivity contribution < 1.29 is 36.7 Å². The molecule has 0 aliphatic heterocycles. The van der Waals surface area contributed by atoms with Crippen molar-refractivity contribution in [1.29, 1.82) is 0 Å². The number of pyridine rings is 1. The van der Waals surface area contributed by atoms with Crippen LogP contribution in [0.3, 0.4) is 0 Å². The zero-order valence-corrected chi connectivity index (χ0v) is 23.7. The van der Waals surface area contributed by atoms with Crippen LogP contribution < -0.4 is 9.47 Å². The van der Waals surface area contributed by atoms with E-state index in [-0.39, 0.29) is 27.1 Å². The fraction of sp³-hybridized carbons (Fsp3) is 0.269. The minimum atomic E-state index is -4.22. The molecule has 2 heterocycles. The van der Waals surface area contributed by atoms with Gasteiger partial charge in [-0.2, -0.15) is 0 Å². The number of para-hydroxylation sites is 2. The first-order valence-electron chi connectivity index (χ1n) is 11.5. The van der Waals surface area contributed by atoms with Crippen LogP contribution >= 0.6 is 0 Å². The number of aryl methyl sites for hydroxylation is 1. The molecule has 1 atom stereocenters. The Bertz CT molecular complexity index is 1600. The van der Waals surface area contributed by atoms with Crippen molar-refractivity contribution in [3.63, 3.8) is 0 Å². The number of hydrogen-bond acceptors (Lipinski definition) is 9. The molecule has 0 saturated carbocycles. The molecule has 0 bridgehead atoms. The summed E-state index contributed by atoms with van der Waals surface area (Å²) in [5, 5.41) is 8.62. The Hall–Kier alpha value is -3.81. The second-order valence-corrected chi connectivity index (χ2v) is 11.4. The second-order valence-electron chi connectivity index (χ2n) is 8.25. The van der Waals surface area contributed by atoms with Gasteiger partial charge in [-0.25, -0.2) is 22.2 Å². The minimum absolute atomic E-state index is 0.0662. The number of aromatic nitrogens is 3. The van der Waals surface area contributed by atoms with E-state index in [1.165, 1.54) is 24.3 Å². The number of carboxylic acids is 1. The minimum Gasteiger partial charge on any atom is -0.496 e. The predicted octanol–water partition coefficient (Wildman–Crippen LogP) is 3.33. The van der Waals surface area contributed by atoms with Gasteiger partial charge in [0, 0.05) is 31.5 Å². The highest BCUT2D eigenvalue weighted by Crippen LogP contribution is 2.29. The number of hydrogen-bond donors (Lipinski definition) is 1. The standard InChI is InChI=1S/C24H23N3O7S2.C2H6O/c1-15-12-25-20(16(2)23(15)33-3)14-35(30)24-26-19-6-4-5-7-21(19)27(24)36(31,32)18-10-8-17(9-11-18)34-13-22(28)29;1-3-2/h4-12H,13-14H2,1-3H3,(H,28,29);1-2H3. The van der Waals surface area contributed by atoms with Gasteiger partial charge in [-0.05, 0) is 50.2 Å². The molecule has 0 aliphatic rings. The van der Waals surface area contributed by atoms with Crippen LogP contribution in [-0.2, 0) is 36.1 Å².